The lowest BCUT2D eigenvalue weighted by atomic mass is 10.1. The predicted molar refractivity (Wildman–Crippen MR) is 96.9 cm³/mol. The zero-order valence-electron chi connectivity index (χ0n) is 14.8. The highest BCUT2D eigenvalue weighted by molar-refractivity contribution is 5.94. The van der Waals surface area contributed by atoms with Gasteiger partial charge in [0, 0.05) is 18.7 Å². The van der Waals surface area contributed by atoms with Crippen molar-refractivity contribution in [2.45, 2.75) is 39.5 Å². The van der Waals surface area contributed by atoms with E-state index in [1.807, 2.05) is 37.3 Å². The van der Waals surface area contributed by atoms with Gasteiger partial charge in [-0.2, -0.15) is 0 Å². The number of rotatable bonds is 6. The minimum atomic E-state index is -1.43. The Labute approximate surface area is 148 Å². The lowest BCUT2D eigenvalue weighted by molar-refractivity contribution is -0.136. The fourth-order valence-electron chi connectivity index (χ4n) is 2.21. The van der Waals surface area contributed by atoms with Gasteiger partial charge in [-0.1, -0.05) is 42.0 Å². The fraction of sp³-hybridized carbons (Fsp3) is 0.300. The number of hydrogen-bond donors (Lipinski definition) is 3. The summed E-state index contributed by atoms with van der Waals surface area (Å²) >= 11 is 0. The number of nitrogens with one attached hydrogen (secondary N) is 2. The number of aryl methyl sites for hydroxylation is 1. The topological polar surface area (TPSA) is 78.4 Å². The van der Waals surface area contributed by atoms with E-state index >= 15 is 0 Å². The van der Waals surface area contributed by atoms with Gasteiger partial charge in [-0.25, -0.2) is 0 Å². The van der Waals surface area contributed by atoms with Crippen LogP contribution in [0.1, 0.15) is 40.9 Å². The van der Waals surface area contributed by atoms with Crippen LogP contribution in [0.25, 0.3) is 0 Å². The molecule has 2 amide bonds. The molecule has 0 unspecified atom stereocenters. The van der Waals surface area contributed by atoms with Crippen molar-refractivity contribution in [3.8, 4) is 0 Å². The molecule has 0 aliphatic rings. The monoisotopic (exact) mass is 340 g/mol. The first-order valence-corrected chi connectivity index (χ1v) is 8.19. The van der Waals surface area contributed by atoms with Gasteiger partial charge in [-0.3, -0.25) is 9.59 Å². The molecule has 0 aliphatic heterocycles. The third-order valence-corrected chi connectivity index (χ3v) is 3.77. The normalized spacial score (nSPS) is 11.0. The predicted octanol–water partition coefficient (Wildman–Crippen LogP) is 2.31. The zero-order valence-corrected chi connectivity index (χ0v) is 14.8. The Bertz CT molecular complexity index is 746. The summed E-state index contributed by atoms with van der Waals surface area (Å²) in [5, 5.41) is 15.2. The number of amides is 2. The van der Waals surface area contributed by atoms with E-state index in [-0.39, 0.29) is 12.5 Å². The second kappa shape index (κ2) is 7.94. The van der Waals surface area contributed by atoms with Gasteiger partial charge in [0.15, 0.2) is 0 Å². The second-order valence-electron chi connectivity index (χ2n) is 6.61. The number of carbonyl (C=O) groups is 2. The third-order valence-electron chi connectivity index (χ3n) is 3.77. The molecule has 2 aromatic rings. The van der Waals surface area contributed by atoms with Crippen LogP contribution in [0.15, 0.2) is 48.5 Å². The second-order valence-corrected chi connectivity index (χ2v) is 6.61. The van der Waals surface area contributed by atoms with Crippen molar-refractivity contribution in [2.24, 2.45) is 0 Å². The van der Waals surface area contributed by atoms with Crippen molar-refractivity contribution >= 4 is 11.8 Å². The summed E-state index contributed by atoms with van der Waals surface area (Å²) in [6, 6.07) is 15.0. The molecule has 0 radical (unpaired) electrons. The van der Waals surface area contributed by atoms with E-state index in [2.05, 4.69) is 10.6 Å². The van der Waals surface area contributed by atoms with E-state index in [9.17, 15) is 14.7 Å². The Morgan fingerprint density at radius 3 is 2.24 bits per heavy atom. The van der Waals surface area contributed by atoms with Crippen LogP contribution in [-0.2, 0) is 17.9 Å². The largest absolute Gasteiger partial charge is 0.381 e. The summed E-state index contributed by atoms with van der Waals surface area (Å²) in [7, 11) is 0. The lowest BCUT2D eigenvalue weighted by Crippen LogP contribution is -2.41. The van der Waals surface area contributed by atoms with Gasteiger partial charge in [0.25, 0.3) is 11.8 Å². The van der Waals surface area contributed by atoms with Crippen molar-refractivity contribution in [1.29, 1.82) is 0 Å². The molecule has 0 saturated carbocycles. The SMILES string of the molecule is Cc1ccc(CNC(=O)c2cccc(CNC(=O)C(C)(C)O)c2)cc1. The minimum Gasteiger partial charge on any atom is -0.381 e. The summed E-state index contributed by atoms with van der Waals surface area (Å²) in [6.07, 6.45) is 0. The summed E-state index contributed by atoms with van der Waals surface area (Å²) in [5.41, 5.74) is 2.11. The van der Waals surface area contributed by atoms with Gasteiger partial charge < -0.3 is 15.7 Å². The average Bonchev–Trinajstić information content (AvgIpc) is 2.58. The molecule has 3 N–H and O–H groups in total. The third kappa shape index (κ3) is 5.72. The number of benzene rings is 2. The molecule has 5 nitrogen and oxygen atoms in total. The molecule has 2 aromatic carbocycles. The molecular weight excluding hydrogens is 316 g/mol. The van der Waals surface area contributed by atoms with Crippen LogP contribution in [0, 0.1) is 6.92 Å². The van der Waals surface area contributed by atoms with E-state index in [0.29, 0.717) is 12.1 Å². The number of aliphatic hydroxyl groups is 1. The van der Waals surface area contributed by atoms with E-state index < -0.39 is 11.5 Å². The quantitative estimate of drug-likeness (QED) is 0.755. The Hall–Kier alpha value is -2.66. The minimum absolute atomic E-state index is 0.170. The fourth-order valence-corrected chi connectivity index (χ4v) is 2.21. The molecule has 132 valence electrons. The molecule has 0 fully saturated rings. The summed E-state index contributed by atoms with van der Waals surface area (Å²) < 4.78 is 0. The lowest BCUT2D eigenvalue weighted by Gasteiger charge is -2.16. The van der Waals surface area contributed by atoms with Gasteiger partial charge >= 0.3 is 0 Å². The number of carbonyl (C=O) groups excluding carboxylic acids is 2. The van der Waals surface area contributed by atoms with Crippen molar-refractivity contribution in [2.75, 3.05) is 0 Å². The highest BCUT2D eigenvalue weighted by atomic mass is 16.3. The maximum atomic E-state index is 12.3. The maximum Gasteiger partial charge on any atom is 0.251 e. The van der Waals surface area contributed by atoms with Gasteiger partial charge in [-0.15, -0.1) is 0 Å². The Morgan fingerprint density at radius 2 is 1.60 bits per heavy atom. The van der Waals surface area contributed by atoms with Gasteiger partial charge in [0.2, 0.25) is 0 Å². The molecule has 0 aliphatic carbocycles. The smallest absolute Gasteiger partial charge is 0.251 e. The van der Waals surface area contributed by atoms with Crippen molar-refractivity contribution < 1.29 is 14.7 Å². The Morgan fingerprint density at radius 1 is 0.960 bits per heavy atom. The van der Waals surface area contributed by atoms with Gasteiger partial charge in [-0.05, 0) is 44.0 Å². The Kier molecular flexibility index (Phi) is 5.93. The van der Waals surface area contributed by atoms with Crippen LogP contribution in [0.4, 0.5) is 0 Å². The summed E-state index contributed by atoms with van der Waals surface area (Å²) in [6.45, 7) is 5.58. The van der Waals surface area contributed by atoms with E-state index in [0.717, 1.165) is 11.1 Å². The molecule has 0 atom stereocenters. The van der Waals surface area contributed by atoms with Crippen LogP contribution in [0.5, 0.6) is 0 Å². The molecule has 5 heteroatoms. The van der Waals surface area contributed by atoms with E-state index in [4.69, 9.17) is 0 Å². The first kappa shape index (κ1) is 18.7. The zero-order chi connectivity index (χ0) is 18.4. The highest BCUT2D eigenvalue weighted by Crippen LogP contribution is 2.08. The average molecular weight is 340 g/mol. The van der Waals surface area contributed by atoms with Gasteiger partial charge in [0.05, 0.1) is 0 Å². The van der Waals surface area contributed by atoms with E-state index in [1.54, 1.807) is 18.2 Å². The van der Waals surface area contributed by atoms with Crippen molar-refractivity contribution in [3.05, 3.63) is 70.8 Å². The van der Waals surface area contributed by atoms with E-state index in [1.165, 1.54) is 19.4 Å². The molecule has 0 heterocycles. The van der Waals surface area contributed by atoms with Crippen molar-refractivity contribution in [1.82, 2.24) is 10.6 Å². The molecular formula is C20H24N2O3. The highest BCUT2D eigenvalue weighted by Gasteiger charge is 2.23. The van der Waals surface area contributed by atoms with Crippen LogP contribution in [0.3, 0.4) is 0 Å². The first-order chi connectivity index (χ1) is 11.8. The summed E-state index contributed by atoms with van der Waals surface area (Å²) in [4.78, 5) is 24.0. The van der Waals surface area contributed by atoms with Crippen molar-refractivity contribution in [3.63, 3.8) is 0 Å². The van der Waals surface area contributed by atoms with Crippen LogP contribution in [0.2, 0.25) is 0 Å². The molecule has 2 rings (SSSR count). The number of hydrogen-bond acceptors (Lipinski definition) is 3. The Balaban J connectivity index is 1.94. The molecule has 25 heavy (non-hydrogen) atoms. The standard InChI is InChI=1S/C20H24N2O3/c1-14-7-9-15(10-8-14)12-21-18(23)17-6-4-5-16(11-17)13-22-19(24)20(2,3)25/h4-11,25H,12-13H2,1-3H3,(H,21,23)(H,22,24). The molecule has 0 bridgehead atoms. The molecule has 0 saturated heterocycles. The summed E-state index contributed by atoms with van der Waals surface area (Å²) in [5.74, 6) is -0.627. The first-order valence-electron chi connectivity index (χ1n) is 8.19. The molecule has 0 aromatic heterocycles. The van der Waals surface area contributed by atoms with Gasteiger partial charge in [0.1, 0.15) is 5.60 Å². The van der Waals surface area contributed by atoms with Crippen LogP contribution < -0.4 is 10.6 Å². The molecule has 0 spiro atoms. The van der Waals surface area contributed by atoms with Crippen LogP contribution in [-0.4, -0.2) is 22.5 Å². The van der Waals surface area contributed by atoms with Crippen LogP contribution >= 0.6 is 0 Å². The maximum absolute atomic E-state index is 12.3.